The van der Waals surface area contributed by atoms with Crippen molar-refractivity contribution >= 4 is 23.0 Å². The van der Waals surface area contributed by atoms with Crippen LogP contribution in [0.4, 0.5) is 5.82 Å². The van der Waals surface area contributed by atoms with Crippen molar-refractivity contribution in [3.63, 3.8) is 0 Å². The number of anilines is 1. The molecule has 2 aromatic heterocycles. The first-order valence-corrected chi connectivity index (χ1v) is 7.01. The maximum atomic E-state index is 11.8. The second-order valence-corrected chi connectivity index (χ2v) is 4.90. The van der Waals surface area contributed by atoms with Crippen LogP contribution in [0.5, 0.6) is 0 Å². The van der Waals surface area contributed by atoms with Crippen LogP contribution in [0.1, 0.15) is 24.0 Å². The number of hydrogen-bond acceptors (Lipinski definition) is 7. The molecule has 1 atom stereocenters. The van der Waals surface area contributed by atoms with Crippen molar-refractivity contribution in [3.8, 4) is 0 Å². The molecule has 0 spiro atoms. The molecule has 2 N–H and O–H groups in total. The number of fused-ring (bicyclic) bond motifs is 1. The summed E-state index contributed by atoms with van der Waals surface area (Å²) in [6.45, 7) is 4.40. The highest BCUT2D eigenvalue weighted by molar-refractivity contribution is 5.93. The maximum absolute atomic E-state index is 11.8. The van der Waals surface area contributed by atoms with E-state index in [1.807, 2.05) is 6.92 Å². The van der Waals surface area contributed by atoms with Gasteiger partial charge in [-0.25, -0.2) is 19.7 Å². The number of aryl methyl sites for hydroxylation is 1. The van der Waals surface area contributed by atoms with Gasteiger partial charge < -0.3 is 19.9 Å². The summed E-state index contributed by atoms with van der Waals surface area (Å²) in [4.78, 5) is 24.7. The molecule has 1 fully saturated rings. The molecule has 1 saturated heterocycles. The Morgan fingerprint density at radius 3 is 3.10 bits per heavy atom. The molecule has 1 unspecified atom stereocenters. The van der Waals surface area contributed by atoms with Gasteiger partial charge in [-0.3, -0.25) is 0 Å². The fraction of sp³-hybridized carbons (Fsp3) is 0.538. The van der Waals surface area contributed by atoms with Gasteiger partial charge in [0.15, 0.2) is 17.0 Å². The number of carbonyl (C=O) groups is 1. The molecule has 3 heterocycles. The zero-order valence-electron chi connectivity index (χ0n) is 12.1. The van der Waals surface area contributed by atoms with Crippen molar-refractivity contribution in [2.75, 3.05) is 25.5 Å². The van der Waals surface area contributed by atoms with Gasteiger partial charge in [-0.05, 0) is 19.9 Å². The molecule has 0 aromatic carbocycles. The van der Waals surface area contributed by atoms with Crippen molar-refractivity contribution in [2.45, 2.75) is 25.9 Å². The molecule has 1 aliphatic heterocycles. The molecule has 0 radical (unpaired) electrons. The van der Waals surface area contributed by atoms with Crippen LogP contribution < -0.4 is 10.6 Å². The van der Waals surface area contributed by atoms with Crippen molar-refractivity contribution in [3.05, 3.63) is 12.2 Å². The summed E-state index contributed by atoms with van der Waals surface area (Å²) in [5.74, 6) is 0.442. The zero-order valence-corrected chi connectivity index (χ0v) is 12.1. The molecule has 21 heavy (non-hydrogen) atoms. The number of aromatic nitrogens is 4. The molecular formula is C13H18N6O2. The lowest BCUT2D eigenvalue weighted by Gasteiger charge is -2.11. The van der Waals surface area contributed by atoms with Gasteiger partial charge in [0.05, 0.1) is 7.11 Å². The van der Waals surface area contributed by atoms with E-state index in [-0.39, 0.29) is 5.82 Å². The van der Waals surface area contributed by atoms with Crippen LogP contribution in [0, 0.1) is 0 Å². The third-order valence-corrected chi connectivity index (χ3v) is 3.62. The van der Waals surface area contributed by atoms with Crippen molar-refractivity contribution < 1.29 is 9.53 Å². The molecule has 0 saturated carbocycles. The Morgan fingerprint density at radius 2 is 2.43 bits per heavy atom. The second kappa shape index (κ2) is 5.65. The minimum absolute atomic E-state index is 0.253. The molecule has 8 heteroatoms. The fourth-order valence-corrected chi connectivity index (χ4v) is 2.56. The normalized spacial score (nSPS) is 18.1. The molecule has 0 amide bonds. The van der Waals surface area contributed by atoms with Crippen LogP contribution in [0.2, 0.25) is 0 Å². The third-order valence-electron chi connectivity index (χ3n) is 3.62. The lowest BCUT2D eigenvalue weighted by atomic mass is 10.2. The Morgan fingerprint density at radius 1 is 1.57 bits per heavy atom. The van der Waals surface area contributed by atoms with Crippen LogP contribution in [0.25, 0.3) is 11.2 Å². The number of ether oxygens (including phenoxy) is 1. The number of esters is 1. The van der Waals surface area contributed by atoms with E-state index in [0.29, 0.717) is 29.6 Å². The van der Waals surface area contributed by atoms with Gasteiger partial charge in [-0.1, -0.05) is 0 Å². The Bertz CT molecular complexity index is 662. The third kappa shape index (κ3) is 2.42. The summed E-state index contributed by atoms with van der Waals surface area (Å²) in [5.41, 5.74) is 1.24. The second-order valence-electron chi connectivity index (χ2n) is 4.90. The fourth-order valence-electron chi connectivity index (χ4n) is 2.56. The van der Waals surface area contributed by atoms with E-state index in [2.05, 4.69) is 25.6 Å². The van der Waals surface area contributed by atoms with E-state index in [1.54, 1.807) is 4.57 Å². The molecule has 8 nitrogen and oxygen atoms in total. The van der Waals surface area contributed by atoms with Crippen LogP contribution in [-0.4, -0.2) is 51.7 Å². The van der Waals surface area contributed by atoms with E-state index >= 15 is 0 Å². The van der Waals surface area contributed by atoms with E-state index in [9.17, 15) is 4.79 Å². The van der Waals surface area contributed by atoms with Crippen molar-refractivity contribution in [2.24, 2.45) is 0 Å². The predicted molar refractivity (Wildman–Crippen MR) is 77.2 cm³/mol. The minimum Gasteiger partial charge on any atom is -0.463 e. The van der Waals surface area contributed by atoms with Crippen LogP contribution in [-0.2, 0) is 11.3 Å². The lowest BCUT2D eigenvalue weighted by molar-refractivity contribution is 0.0582. The Labute approximate surface area is 121 Å². The number of methoxy groups -OCH3 is 1. The van der Waals surface area contributed by atoms with E-state index in [1.165, 1.54) is 13.4 Å². The summed E-state index contributed by atoms with van der Waals surface area (Å²) in [6.07, 6.45) is 2.52. The van der Waals surface area contributed by atoms with Gasteiger partial charge in [0.2, 0.25) is 5.82 Å². The average molecular weight is 290 g/mol. The molecule has 2 aromatic rings. The predicted octanol–water partition coefficient (Wildman–Crippen LogP) is 0.407. The zero-order chi connectivity index (χ0) is 14.8. The van der Waals surface area contributed by atoms with Gasteiger partial charge in [-0.15, -0.1) is 0 Å². The van der Waals surface area contributed by atoms with Gasteiger partial charge in [0.1, 0.15) is 6.33 Å². The molecule has 1 aliphatic rings. The van der Waals surface area contributed by atoms with Gasteiger partial charge >= 0.3 is 5.97 Å². The summed E-state index contributed by atoms with van der Waals surface area (Å²) >= 11 is 0. The molecule has 0 aliphatic carbocycles. The largest absolute Gasteiger partial charge is 0.463 e. The number of imidazole rings is 1. The molecule has 0 bridgehead atoms. The van der Waals surface area contributed by atoms with Gasteiger partial charge in [0.25, 0.3) is 0 Å². The SMILES string of the molecule is CCn1c(C(=O)OC)nc2c(NC3CCNC3)ncnc21. The quantitative estimate of drug-likeness (QED) is 0.787. The van der Waals surface area contributed by atoms with Gasteiger partial charge in [0, 0.05) is 19.1 Å². The first kappa shape index (κ1) is 13.7. The summed E-state index contributed by atoms with van der Waals surface area (Å²) in [7, 11) is 1.34. The molecular weight excluding hydrogens is 272 g/mol. The van der Waals surface area contributed by atoms with E-state index < -0.39 is 5.97 Å². The standard InChI is InChI=1S/C13H18N6O2/c1-3-19-11-9(18-12(19)13(20)21-2)10(15-7-16-11)17-8-4-5-14-6-8/h7-8,14H,3-6H2,1-2H3,(H,15,16,17). The maximum Gasteiger partial charge on any atom is 0.374 e. The summed E-state index contributed by atoms with van der Waals surface area (Å²) < 4.78 is 6.52. The topological polar surface area (TPSA) is 94.0 Å². The first-order chi connectivity index (χ1) is 10.2. The van der Waals surface area contributed by atoms with Crippen LogP contribution in [0.15, 0.2) is 6.33 Å². The van der Waals surface area contributed by atoms with Crippen LogP contribution in [0.3, 0.4) is 0 Å². The Balaban J connectivity index is 2.05. The van der Waals surface area contributed by atoms with Crippen LogP contribution >= 0.6 is 0 Å². The lowest BCUT2D eigenvalue weighted by Crippen LogP contribution is -2.22. The highest BCUT2D eigenvalue weighted by Gasteiger charge is 2.22. The van der Waals surface area contributed by atoms with Crippen molar-refractivity contribution in [1.82, 2.24) is 24.8 Å². The number of hydrogen-bond donors (Lipinski definition) is 2. The highest BCUT2D eigenvalue weighted by Crippen LogP contribution is 2.22. The smallest absolute Gasteiger partial charge is 0.374 e. The number of rotatable bonds is 4. The van der Waals surface area contributed by atoms with E-state index in [0.717, 1.165) is 19.5 Å². The Kier molecular flexibility index (Phi) is 3.70. The molecule has 112 valence electrons. The summed E-state index contributed by atoms with van der Waals surface area (Å²) in [5, 5.41) is 6.65. The Hall–Kier alpha value is -2.22. The summed E-state index contributed by atoms with van der Waals surface area (Å²) in [6, 6.07) is 0.316. The number of carbonyl (C=O) groups excluding carboxylic acids is 1. The number of nitrogens with one attached hydrogen (secondary N) is 2. The highest BCUT2D eigenvalue weighted by atomic mass is 16.5. The number of nitrogens with zero attached hydrogens (tertiary/aromatic N) is 4. The monoisotopic (exact) mass is 290 g/mol. The first-order valence-electron chi connectivity index (χ1n) is 7.01. The van der Waals surface area contributed by atoms with Gasteiger partial charge in [-0.2, -0.15) is 0 Å². The minimum atomic E-state index is -0.469. The van der Waals surface area contributed by atoms with Crippen molar-refractivity contribution in [1.29, 1.82) is 0 Å². The van der Waals surface area contributed by atoms with E-state index in [4.69, 9.17) is 4.74 Å². The average Bonchev–Trinajstić information content (AvgIpc) is 3.13. The molecule has 3 rings (SSSR count).